The summed E-state index contributed by atoms with van der Waals surface area (Å²) in [7, 11) is -2.93. The second-order valence-electron chi connectivity index (χ2n) is 6.72. The topological polar surface area (TPSA) is 46.2 Å². The molecule has 2 unspecified atom stereocenters. The van der Waals surface area contributed by atoms with Crippen LogP contribution in [-0.2, 0) is 9.84 Å². The Morgan fingerprint density at radius 2 is 1.60 bits per heavy atom. The van der Waals surface area contributed by atoms with E-state index in [1.54, 1.807) is 0 Å². The predicted molar refractivity (Wildman–Crippen MR) is 84.7 cm³/mol. The van der Waals surface area contributed by atoms with Gasteiger partial charge in [0.05, 0.1) is 11.0 Å². The van der Waals surface area contributed by atoms with Crippen LogP contribution in [0.15, 0.2) is 0 Å². The van der Waals surface area contributed by atoms with E-state index >= 15 is 0 Å². The van der Waals surface area contributed by atoms with Crippen molar-refractivity contribution in [2.75, 3.05) is 12.3 Å². The minimum absolute atomic E-state index is 0.128. The molecule has 0 aromatic rings. The van der Waals surface area contributed by atoms with Crippen molar-refractivity contribution in [3.05, 3.63) is 0 Å². The van der Waals surface area contributed by atoms with Crippen LogP contribution in [0.5, 0.6) is 0 Å². The van der Waals surface area contributed by atoms with Gasteiger partial charge in [0.25, 0.3) is 0 Å². The molecule has 3 nitrogen and oxygen atoms in total. The van der Waals surface area contributed by atoms with E-state index in [2.05, 4.69) is 12.2 Å². The summed E-state index contributed by atoms with van der Waals surface area (Å²) in [5.41, 5.74) is 0. The van der Waals surface area contributed by atoms with Gasteiger partial charge in [-0.15, -0.1) is 0 Å². The molecule has 2 saturated carbocycles. The largest absolute Gasteiger partial charge is 0.313 e. The predicted octanol–water partition coefficient (Wildman–Crippen LogP) is 3.29. The van der Waals surface area contributed by atoms with Gasteiger partial charge >= 0.3 is 0 Å². The third-order valence-electron chi connectivity index (χ3n) is 5.01. The first-order chi connectivity index (χ1) is 9.63. The van der Waals surface area contributed by atoms with Crippen LogP contribution in [0.25, 0.3) is 0 Å². The molecular weight excluding hydrogens is 270 g/mol. The molecule has 0 bridgehead atoms. The monoisotopic (exact) mass is 301 g/mol. The summed E-state index contributed by atoms with van der Waals surface area (Å²) in [4.78, 5) is 0. The lowest BCUT2D eigenvalue weighted by Crippen LogP contribution is -2.45. The molecule has 2 rings (SSSR count). The molecule has 0 heterocycles. The van der Waals surface area contributed by atoms with E-state index in [1.807, 2.05) is 0 Å². The van der Waals surface area contributed by atoms with E-state index in [9.17, 15) is 8.42 Å². The normalized spacial score (nSPS) is 29.4. The Morgan fingerprint density at radius 1 is 0.950 bits per heavy atom. The van der Waals surface area contributed by atoms with Crippen molar-refractivity contribution in [3.8, 4) is 0 Å². The first kappa shape index (κ1) is 16.3. The van der Waals surface area contributed by atoms with Gasteiger partial charge in [-0.25, -0.2) is 8.42 Å². The molecule has 0 aliphatic heterocycles. The highest BCUT2D eigenvalue weighted by Gasteiger charge is 2.35. The van der Waals surface area contributed by atoms with E-state index in [0.717, 1.165) is 45.1 Å². The summed E-state index contributed by atoms with van der Waals surface area (Å²) in [5, 5.41) is 3.39. The first-order valence-electron chi connectivity index (χ1n) is 8.58. The lowest BCUT2D eigenvalue weighted by Gasteiger charge is -2.27. The summed E-state index contributed by atoms with van der Waals surface area (Å²) in [6, 6.07) is 0.198. The fourth-order valence-electron chi connectivity index (χ4n) is 3.90. The highest BCUT2D eigenvalue weighted by molar-refractivity contribution is 7.92. The van der Waals surface area contributed by atoms with Crippen LogP contribution >= 0.6 is 0 Å². The highest BCUT2D eigenvalue weighted by Crippen LogP contribution is 2.30. The zero-order valence-electron chi connectivity index (χ0n) is 12.9. The van der Waals surface area contributed by atoms with E-state index in [0.29, 0.717) is 11.7 Å². The van der Waals surface area contributed by atoms with E-state index in [4.69, 9.17) is 0 Å². The van der Waals surface area contributed by atoms with Gasteiger partial charge in [-0.05, 0) is 44.6 Å². The maximum Gasteiger partial charge on any atom is 0.154 e. The van der Waals surface area contributed by atoms with Crippen LogP contribution in [0.1, 0.15) is 71.1 Å². The molecule has 0 saturated heterocycles. The van der Waals surface area contributed by atoms with Crippen molar-refractivity contribution >= 4 is 9.84 Å². The zero-order chi connectivity index (χ0) is 14.4. The van der Waals surface area contributed by atoms with Gasteiger partial charge < -0.3 is 5.32 Å². The average Bonchev–Trinajstić information content (AvgIpc) is 2.78. The Hall–Kier alpha value is -0.0900. The summed E-state index contributed by atoms with van der Waals surface area (Å²) >= 11 is 0. The maximum absolute atomic E-state index is 12.8. The zero-order valence-corrected chi connectivity index (χ0v) is 13.8. The second-order valence-corrected chi connectivity index (χ2v) is 8.98. The summed E-state index contributed by atoms with van der Waals surface area (Å²) in [6.45, 7) is 3.09. The van der Waals surface area contributed by atoms with Gasteiger partial charge in [0.15, 0.2) is 9.84 Å². The van der Waals surface area contributed by atoms with Crippen molar-refractivity contribution in [2.24, 2.45) is 5.92 Å². The van der Waals surface area contributed by atoms with Crippen molar-refractivity contribution in [2.45, 2.75) is 82.4 Å². The Kier molecular flexibility index (Phi) is 6.34. The summed E-state index contributed by atoms with van der Waals surface area (Å²) in [5.74, 6) is 0.886. The van der Waals surface area contributed by atoms with Crippen molar-refractivity contribution in [1.82, 2.24) is 5.32 Å². The van der Waals surface area contributed by atoms with Crippen LogP contribution in [-0.4, -0.2) is 32.0 Å². The minimum Gasteiger partial charge on any atom is -0.313 e. The molecule has 2 aliphatic rings. The van der Waals surface area contributed by atoms with Crippen molar-refractivity contribution < 1.29 is 8.42 Å². The van der Waals surface area contributed by atoms with Gasteiger partial charge in [-0.1, -0.05) is 39.0 Å². The van der Waals surface area contributed by atoms with Crippen LogP contribution < -0.4 is 5.32 Å². The standard InChI is InChI=1S/C16H31NO2S/c1-2-12-17-15-10-4-3-5-11-16(15)20(18,19)13-14-8-6-7-9-14/h14-17H,2-13H2,1H3. The van der Waals surface area contributed by atoms with E-state index < -0.39 is 9.84 Å². The van der Waals surface area contributed by atoms with Gasteiger partial charge in [0.1, 0.15) is 0 Å². The molecule has 0 radical (unpaired) electrons. The molecule has 0 spiro atoms. The average molecular weight is 301 g/mol. The number of hydrogen-bond donors (Lipinski definition) is 1. The number of rotatable bonds is 6. The lowest BCUT2D eigenvalue weighted by molar-refractivity contribution is 0.446. The van der Waals surface area contributed by atoms with Crippen LogP contribution in [0, 0.1) is 5.92 Å². The van der Waals surface area contributed by atoms with Crippen LogP contribution in [0.3, 0.4) is 0 Å². The molecular formula is C16H31NO2S. The molecule has 20 heavy (non-hydrogen) atoms. The lowest BCUT2D eigenvalue weighted by atomic mass is 10.1. The SMILES string of the molecule is CCCNC1CCCCCC1S(=O)(=O)CC1CCCC1. The third kappa shape index (κ3) is 4.45. The Morgan fingerprint density at radius 3 is 2.30 bits per heavy atom. The van der Waals surface area contributed by atoms with E-state index in [1.165, 1.54) is 25.7 Å². The van der Waals surface area contributed by atoms with Gasteiger partial charge in [-0.3, -0.25) is 0 Å². The molecule has 0 aromatic carbocycles. The molecule has 0 amide bonds. The van der Waals surface area contributed by atoms with Crippen molar-refractivity contribution in [1.29, 1.82) is 0 Å². The molecule has 2 atom stereocenters. The van der Waals surface area contributed by atoms with Crippen LogP contribution in [0.2, 0.25) is 0 Å². The van der Waals surface area contributed by atoms with E-state index in [-0.39, 0.29) is 11.3 Å². The number of nitrogens with one attached hydrogen (secondary N) is 1. The molecule has 0 aromatic heterocycles. The summed E-state index contributed by atoms with van der Waals surface area (Å²) < 4.78 is 25.7. The first-order valence-corrected chi connectivity index (χ1v) is 10.3. The highest BCUT2D eigenvalue weighted by atomic mass is 32.2. The Labute approximate surface area is 124 Å². The molecule has 2 fully saturated rings. The molecule has 4 heteroatoms. The van der Waals surface area contributed by atoms with Gasteiger partial charge in [0, 0.05) is 6.04 Å². The number of hydrogen-bond acceptors (Lipinski definition) is 3. The molecule has 118 valence electrons. The maximum atomic E-state index is 12.8. The second kappa shape index (κ2) is 7.79. The minimum atomic E-state index is -2.93. The molecule has 2 aliphatic carbocycles. The van der Waals surface area contributed by atoms with Gasteiger partial charge in [-0.2, -0.15) is 0 Å². The van der Waals surface area contributed by atoms with Crippen molar-refractivity contribution in [3.63, 3.8) is 0 Å². The van der Waals surface area contributed by atoms with Crippen LogP contribution in [0.4, 0.5) is 0 Å². The number of sulfone groups is 1. The Bertz CT molecular complexity index is 374. The third-order valence-corrected chi connectivity index (χ3v) is 7.44. The fourth-order valence-corrected chi connectivity index (χ4v) is 6.39. The fraction of sp³-hybridized carbons (Fsp3) is 1.00. The molecule has 1 N–H and O–H groups in total. The quantitative estimate of drug-likeness (QED) is 0.766. The Balaban J connectivity index is 2.03. The van der Waals surface area contributed by atoms with Gasteiger partial charge in [0.2, 0.25) is 0 Å². The smallest absolute Gasteiger partial charge is 0.154 e. The summed E-state index contributed by atoms with van der Waals surface area (Å²) in [6.07, 6.45) is 11.1.